The zero-order valence-corrected chi connectivity index (χ0v) is 32.1. The van der Waals surface area contributed by atoms with E-state index in [1.165, 1.54) is 0 Å². The Morgan fingerprint density at radius 2 is 0.926 bits per heavy atom. The predicted molar refractivity (Wildman–Crippen MR) is 219 cm³/mol. The second-order valence-corrected chi connectivity index (χ2v) is 13.2. The molecule has 0 bridgehead atoms. The van der Waals surface area contributed by atoms with Crippen LogP contribution in [-0.4, -0.2) is 37.0 Å². The van der Waals surface area contributed by atoms with Crippen molar-refractivity contribution in [3.05, 3.63) is 169 Å². The number of hydrogen-bond donors (Lipinski definition) is 0. The fourth-order valence-corrected chi connectivity index (χ4v) is 6.96. The van der Waals surface area contributed by atoms with E-state index in [9.17, 15) is 9.59 Å². The second kappa shape index (κ2) is 20.8. The summed E-state index contributed by atoms with van der Waals surface area (Å²) in [6.45, 7) is 12.1. The van der Waals surface area contributed by atoms with E-state index < -0.39 is 23.0 Å². The SMILES string of the molecule is C=CCC(=O)[C@](CC)(OCc1ccc(OC)cc1)[C@@H](/C=C/c1ccccc1)[C@H](/C=C/c1ccccc1)[C@@](CC)(OCc1ccc(OC)cc1)C(=O)CC=C. The third kappa shape index (κ3) is 10.4. The van der Waals surface area contributed by atoms with E-state index in [-0.39, 0.29) is 37.6 Å². The van der Waals surface area contributed by atoms with Crippen LogP contribution in [0, 0.1) is 11.8 Å². The minimum atomic E-state index is -1.40. The molecule has 0 aliphatic carbocycles. The molecule has 0 aliphatic heterocycles. The molecule has 6 heteroatoms. The van der Waals surface area contributed by atoms with Gasteiger partial charge in [-0.25, -0.2) is 0 Å². The first kappa shape index (κ1) is 41.5. The molecule has 0 saturated carbocycles. The van der Waals surface area contributed by atoms with E-state index in [0.29, 0.717) is 12.8 Å². The molecule has 4 atom stereocenters. The molecule has 0 heterocycles. The third-order valence-electron chi connectivity index (χ3n) is 10.0. The average molecular weight is 727 g/mol. The lowest BCUT2D eigenvalue weighted by molar-refractivity contribution is -0.175. The number of carbonyl (C=O) groups is 2. The molecule has 0 aromatic heterocycles. The largest absolute Gasteiger partial charge is 0.497 e. The molecule has 4 aromatic carbocycles. The molecule has 6 nitrogen and oxygen atoms in total. The molecule has 0 aliphatic rings. The fraction of sp³-hybridized carbons (Fsp3) is 0.292. The van der Waals surface area contributed by atoms with Gasteiger partial charge in [-0.15, -0.1) is 13.2 Å². The lowest BCUT2D eigenvalue weighted by Crippen LogP contribution is -2.57. The second-order valence-electron chi connectivity index (χ2n) is 13.2. The Hall–Kier alpha value is -5.30. The molecule has 0 N–H and O–H groups in total. The summed E-state index contributed by atoms with van der Waals surface area (Å²) in [6.07, 6.45) is 12.1. The van der Waals surface area contributed by atoms with Gasteiger partial charge in [0.1, 0.15) is 22.7 Å². The molecular weight excluding hydrogens is 673 g/mol. The number of methoxy groups -OCH3 is 2. The van der Waals surface area contributed by atoms with Gasteiger partial charge >= 0.3 is 0 Å². The third-order valence-corrected chi connectivity index (χ3v) is 10.0. The van der Waals surface area contributed by atoms with Crippen molar-refractivity contribution in [3.63, 3.8) is 0 Å². The van der Waals surface area contributed by atoms with Crippen LogP contribution in [0.2, 0.25) is 0 Å². The van der Waals surface area contributed by atoms with Crippen molar-refractivity contribution >= 4 is 23.7 Å². The van der Waals surface area contributed by atoms with Gasteiger partial charge in [0.15, 0.2) is 11.6 Å². The molecule has 0 amide bonds. The Kier molecular flexibility index (Phi) is 16.0. The highest BCUT2D eigenvalue weighted by Gasteiger charge is 2.54. The quantitative estimate of drug-likeness (QED) is 0.0709. The van der Waals surface area contributed by atoms with Crippen LogP contribution in [0.15, 0.2) is 147 Å². The van der Waals surface area contributed by atoms with Crippen molar-refractivity contribution in [1.29, 1.82) is 0 Å². The van der Waals surface area contributed by atoms with Crippen molar-refractivity contribution in [2.45, 2.75) is 63.9 Å². The maximum Gasteiger partial charge on any atom is 0.168 e. The average Bonchev–Trinajstić information content (AvgIpc) is 3.22. The zero-order chi connectivity index (χ0) is 38.8. The van der Waals surface area contributed by atoms with Crippen LogP contribution in [-0.2, 0) is 32.3 Å². The zero-order valence-electron chi connectivity index (χ0n) is 32.1. The van der Waals surface area contributed by atoms with Crippen LogP contribution in [0.3, 0.4) is 0 Å². The first-order chi connectivity index (χ1) is 26.3. The van der Waals surface area contributed by atoms with Gasteiger partial charge in [0.25, 0.3) is 0 Å². The lowest BCUT2D eigenvalue weighted by atomic mass is 9.64. The van der Waals surface area contributed by atoms with E-state index in [4.69, 9.17) is 18.9 Å². The molecule has 282 valence electrons. The van der Waals surface area contributed by atoms with Gasteiger partial charge in [0, 0.05) is 24.7 Å². The van der Waals surface area contributed by atoms with Crippen molar-refractivity contribution in [1.82, 2.24) is 0 Å². The number of carbonyl (C=O) groups excluding carboxylic acids is 2. The van der Waals surface area contributed by atoms with E-state index in [2.05, 4.69) is 13.2 Å². The van der Waals surface area contributed by atoms with Gasteiger partial charge in [0.2, 0.25) is 0 Å². The number of Topliss-reactive ketones (excluding diaryl/α,β-unsaturated/α-hetero) is 2. The van der Waals surface area contributed by atoms with Gasteiger partial charge in [-0.1, -0.05) is 135 Å². The Morgan fingerprint density at radius 3 is 1.22 bits per heavy atom. The smallest absolute Gasteiger partial charge is 0.168 e. The summed E-state index contributed by atoms with van der Waals surface area (Å²) < 4.78 is 24.7. The van der Waals surface area contributed by atoms with E-state index in [1.54, 1.807) is 26.4 Å². The van der Waals surface area contributed by atoms with Crippen LogP contribution in [0.5, 0.6) is 11.5 Å². The Balaban J connectivity index is 2.00. The number of benzene rings is 4. The molecule has 0 unspecified atom stereocenters. The normalized spacial score (nSPS) is 14.8. The van der Waals surface area contributed by atoms with Gasteiger partial charge in [0.05, 0.1) is 27.4 Å². The Bertz CT molecular complexity index is 1690. The number of allylic oxidation sites excluding steroid dienone is 2. The maximum atomic E-state index is 14.8. The summed E-state index contributed by atoms with van der Waals surface area (Å²) in [5, 5.41) is 0. The first-order valence-corrected chi connectivity index (χ1v) is 18.6. The lowest BCUT2D eigenvalue weighted by Gasteiger charge is -2.47. The summed E-state index contributed by atoms with van der Waals surface area (Å²) in [4.78, 5) is 29.5. The van der Waals surface area contributed by atoms with Crippen LogP contribution >= 0.6 is 0 Å². The van der Waals surface area contributed by atoms with Gasteiger partial charge < -0.3 is 18.9 Å². The predicted octanol–water partition coefficient (Wildman–Crippen LogP) is 10.7. The van der Waals surface area contributed by atoms with Crippen LogP contribution in [0.25, 0.3) is 12.2 Å². The highest BCUT2D eigenvalue weighted by Crippen LogP contribution is 2.46. The van der Waals surface area contributed by atoms with Gasteiger partial charge in [-0.3, -0.25) is 9.59 Å². The van der Waals surface area contributed by atoms with E-state index >= 15 is 0 Å². The molecule has 54 heavy (non-hydrogen) atoms. The number of hydrogen-bond acceptors (Lipinski definition) is 6. The standard InChI is InChI=1S/C48H54O6/c1-7-17-45(49)47(9-3,53-35-39-23-29-41(51-5)30-24-39)43(33-27-37-19-13-11-14-20-37)44(34-28-38-21-15-12-16-22-38)48(10-4,46(50)18-8-2)54-36-40-25-31-42(52-6)32-26-40/h7-8,11-16,19-34,43-44H,1-2,9-10,17-18,35-36H2,3-6H3/b33-27+,34-28+/t43-,44-,47+,48+/m0/s1. The minimum absolute atomic E-state index is 0.0771. The van der Waals surface area contributed by atoms with Crippen molar-refractivity contribution in [2.24, 2.45) is 11.8 Å². The Labute approximate surface area is 321 Å². The first-order valence-electron chi connectivity index (χ1n) is 18.6. The van der Waals surface area contributed by atoms with Gasteiger partial charge in [-0.05, 0) is 59.4 Å². The molecule has 0 saturated heterocycles. The molecule has 0 radical (unpaired) electrons. The van der Waals surface area contributed by atoms with Crippen molar-refractivity contribution < 1.29 is 28.5 Å². The van der Waals surface area contributed by atoms with Gasteiger partial charge in [-0.2, -0.15) is 0 Å². The monoisotopic (exact) mass is 726 g/mol. The van der Waals surface area contributed by atoms with E-state index in [1.807, 2.05) is 147 Å². The number of ether oxygens (including phenoxy) is 4. The molecule has 4 aromatic rings. The summed E-state index contributed by atoms with van der Waals surface area (Å²) >= 11 is 0. The number of rotatable bonds is 23. The fourth-order valence-electron chi connectivity index (χ4n) is 6.96. The molecule has 0 fully saturated rings. The molecule has 0 spiro atoms. The highest BCUT2D eigenvalue weighted by atomic mass is 16.5. The Morgan fingerprint density at radius 1 is 0.574 bits per heavy atom. The molecular formula is C48H54O6. The topological polar surface area (TPSA) is 71.1 Å². The number of ketones is 2. The summed E-state index contributed by atoms with van der Waals surface area (Å²) in [5.74, 6) is -0.187. The van der Waals surface area contributed by atoms with E-state index in [0.717, 1.165) is 33.8 Å². The summed E-state index contributed by atoms with van der Waals surface area (Å²) in [7, 11) is 3.25. The minimum Gasteiger partial charge on any atom is -0.497 e. The van der Waals surface area contributed by atoms with Crippen LogP contribution in [0.4, 0.5) is 0 Å². The summed E-state index contributed by atoms with van der Waals surface area (Å²) in [5.41, 5.74) is 0.851. The summed E-state index contributed by atoms with van der Waals surface area (Å²) in [6, 6.07) is 35.1. The van der Waals surface area contributed by atoms with Crippen molar-refractivity contribution in [2.75, 3.05) is 14.2 Å². The van der Waals surface area contributed by atoms with Crippen LogP contribution < -0.4 is 9.47 Å². The van der Waals surface area contributed by atoms with Crippen LogP contribution in [0.1, 0.15) is 61.8 Å². The highest BCUT2D eigenvalue weighted by molar-refractivity contribution is 5.91. The maximum absolute atomic E-state index is 14.8. The van der Waals surface area contributed by atoms with Crippen molar-refractivity contribution in [3.8, 4) is 11.5 Å². The molecule has 4 rings (SSSR count).